The lowest BCUT2D eigenvalue weighted by Gasteiger charge is -2.16. The number of nitrogens with two attached hydrogens (primary N) is 1. The fourth-order valence-corrected chi connectivity index (χ4v) is 1.38. The van der Waals surface area contributed by atoms with Crippen molar-refractivity contribution in [2.75, 3.05) is 0 Å². The summed E-state index contributed by atoms with van der Waals surface area (Å²) in [6.07, 6.45) is 0.417. The zero-order valence-corrected chi connectivity index (χ0v) is 10.5. The van der Waals surface area contributed by atoms with E-state index in [1.807, 2.05) is 24.3 Å². The van der Waals surface area contributed by atoms with Crippen molar-refractivity contribution < 1.29 is 4.79 Å². The van der Waals surface area contributed by atoms with Crippen LogP contribution in [0.2, 0.25) is 0 Å². The van der Waals surface area contributed by atoms with Crippen LogP contribution < -0.4 is 5.73 Å². The van der Waals surface area contributed by atoms with Crippen LogP contribution in [0.1, 0.15) is 19.4 Å². The van der Waals surface area contributed by atoms with Gasteiger partial charge in [0.25, 0.3) is 0 Å². The average molecular weight is 303 g/mol. The molecule has 0 aromatic heterocycles. The molecule has 2 nitrogen and oxygen atoms in total. The smallest absolute Gasteiger partial charge is 0.156 e. The summed E-state index contributed by atoms with van der Waals surface area (Å²) >= 11 is 2.24. The average Bonchev–Trinajstić information content (AvgIpc) is 2.07. The number of hydrogen-bond donors (Lipinski definition) is 1. The van der Waals surface area contributed by atoms with Gasteiger partial charge in [0.1, 0.15) is 0 Å². The molecule has 2 N–H and O–H groups in total. The van der Waals surface area contributed by atoms with E-state index in [4.69, 9.17) is 5.73 Å². The van der Waals surface area contributed by atoms with Crippen LogP contribution in [0.4, 0.5) is 0 Å². The van der Waals surface area contributed by atoms with Crippen LogP contribution in [0.5, 0.6) is 0 Å². The van der Waals surface area contributed by atoms with Gasteiger partial charge in [0.15, 0.2) is 5.78 Å². The number of benzene rings is 1. The molecule has 0 saturated carbocycles. The van der Waals surface area contributed by atoms with Gasteiger partial charge in [0, 0.05) is 9.99 Å². The summed E-state index contributed by atoms with van der Waals surface area (Å²) in [6.45, 7) is 3.48. The molecular formula is C11H14INO. The molecule has 0 aliphatic rings. The van der Waals surface area contributed by atoms with Gasteiger partial charge in [-0.3, -0.25) is 4.79 Å². The standard InChI is InChI=1S/C11H14INO/c1-11(2,13)10(14)7-8-3-5-9(12)6-4-8/h3-6H,7,13H2,1-2H3. The summed E-state index contributed by atoms with van der Waals surface area (Å²) in [4.78, 5) is 11.6. The topological polar surface area (TPSA) is 43.1 Å². The van der Waals surface area contributed by atoms with Gasteiger partial charge in [0.2, 0.25) is 0 Å². The van der Waals surface area contributed by atoms with Crippen molar-refractivity contribution in [3.8, 4) is 0 Å². The molecule has 0 fully saturated rings. The third kappa shape index (κ3) is 3.38. The van der Waals surface area contributed by atoms with Gasteiger partial charge in [0.05, 0.1) is 5.54 Å². The van der Waals surface area contributed by atoms with Crippen LogP contribution >= 0.6 is 22.6 Å². The Labute approximate surface area is 98.0 Å². The van der Waals surface area contributed by atoms with E-state index in [1.165, 1.54) is 3.57 Å². The van der Waals surface area contributed by atoms with Gasteiger partial charge < -0.3 is 5.73 Å². The van der Waals surface area contributed by atoms with E-state index < -0.39 is 5.54 Å². The van der Waals surface area contributed by atoms with E-state index in [2.05, 4.69) is 22.6 Å². The molecule has 0 saturated heterocycles. The van der Waals surface area contributed by atoms with Crippen LogP contribution in [0.3, 0.4) is 0 Å². The predicted octanol–water partition coefficient (Wildman–Crippen LogP) is 2.14. The normalized spacial score (nSPS) is 11.4. The molecule has 1 aromatic rings. The second-order valence-electron chi connectivity index (χ2n) is 3.95. The van der Waals surface area contributed by atoms with Gasteiger partial charge in [-0.2, -0.15) is 0 Å². The molecule has 0 unspecified atom stereocenters. The Bertz CT molecular complexity index is 324. The molecule has 1 rings (SSSR count). The lowest BCUT2D eigenvalue weighted by atomic mass is 9.95. The van der Waals surface area contributed by atoms with E-state index in [9.17, 15) is 4.79 Å². The highest BCUT2D eigenvalue weighted by Gasteiger charge is 2.21. The van der Waals surface area contributed by atoms with Crippen molar-refractivity contribution in [1.29, 1.82) is 0 Å². The maximum Gasteiger partial charge on any atom is 0.156 e. The maximum atomic E-state index is 11.6. The summed E-state index contributed by atoms with van der Waals surface area (Å²) in [6, 6.07) is 7.91. The van der Waals surface area contributed by atoms with E-state index >= 15 is 0 Å². The quantitative estimate of drug-likeness (QED) is 0.869. The van der Waals surface area contributed by atoms with Gasteiger partial charge >= 0.3 is 0 Å². The molecule has 0 aliphatic carbocycles. The highest BCUT2D eigenvalue weighted by atomic mass is 127. The second kappa shape index (κ2) is 4.40. The Morgan fingerprint density at radius 1 is 1.36 bits per heavy atom. The first-order valence-electron chi connectivity index (χ1n) is 4.46. The molecule has 0 spiro atoms. The van der Waals surface area contributed by atoms with Crippen LogP contribution in [0, 0.1) is 3.57 Å². The fourth-order valence-electron chi connectivity index (χ4n) is 1.02. The number of hydrogen-bond acceptors (Lipinski definition) is 2. The van der Waals surface area contributed by atoms with Crippen LogP contribution in [0.15, 0.2) is 24.3 Å². The Balaban J connectivity index is 2.71. The number of ketones is 1. The van der Waals surface area contributed by atoms with Crippen molar-refractivity contribution in [1.82, 2.24) is 0 Å². The number of carbonyl (C=O) groups excluding carboxylic acids is 1. The van der Waals surface area contributed by atoms with Crippen LogP contribution in [-0.2, 0) is 11.2 Å². The zero-order valence-electron chi connectivity index (χ0n) is 8.38. The van der Waals surface area contributed by atoms with Crippen molar-refractivity contribution in [2.45, 2.75) is 25.8 Å². The lowest BCUT2D eigenvalue weighted by Crippen LogP contribution is -2.42. The third-order valence-electron chi connectivity index (χ3n) is 2.00. The van der Waals surface area contributed by atoms with Gasteiger partial charge in [-0.15, -0.1) is 0 Å². The van der Waals surface area contributed by atoms with Gasteiger partial charge in [-0.05, 0) is 54.1 Å². The number of carbonyl (C=O) groups is 1. The fraction of sp³-hybridized carbons (Fsp3) is 0.364. The molecule has 0 aliphatic heterocycles. The van der Waals surface area contributed by atoms with Crippen LogP contribution in [0.25, 0.3) is 0 Å². The molecule has 1 aromatic carbocycles. The molecule has 14 heavy (non-hydrogen) atoms. The minimum absolute atomic E-state index is 0.0682. The van der Waals surface area contributed by atoms with Crippen molar-refractivity contribution >= 4 is 28.4 Å². The largest absolute Gasteiger partial charge is 0.319 e. The molecular weight excluding hydrogens is 289 g/mol. The first kappa shape index (κ1) is 11.7. The van der Waals surface area contributed by atoms with E-state index in [1.54, 1.807) is 13.8 Å². The van der Waals surface area contributed by atoms with E-state index in [0.29, 0.717) is 6.42 Å². The summed E-state index contributed by atoms with van der Waals surface area (Å²) in [7, 11) is 0. The summed E-state index contributed by atoms with van der Waals surface area (Å²) < 4.78 is 1.17. The van der Waals surface area contributed by atoms with Crippen LogP contribution in [-0.4, -0.2) is 11.3 Å². The second-order valence-corrected chi connectivity index (χ2v) is 5.19. The highest BCUT2D eigenvalue weighted by Crippen LogP contribution is 2.10. The minimum atomic E-state index is -0.733. The molecule has 0 bridgehead atoms. The number of Topliss-reactive ketones (excluding diaryl/α,β-unsaturated/α-hetero) is 1. The summed E-state index contributed by atoms with van der Waals surface area (Å²) in [5.41, 5.74) is 5.99. The number of halogens is 1. The maximum absolute atomic E-state index is 11.6. The van der Waals surface area contributed by atoms with E-state index in [-0.39, 0.29) is 5.78 Å². The van der Waals surface area contributed by atoms with Gasteiger partial charge in [-0.25, -0.2) is 0 Å². The number of rotatable bonds is 3. The molecule has 0 radical (unpaired) electrons. The predicted molar refractivity (Wildman–Crippen MR) is 66.1 cm³/mol. The molecule has 3 heteroatoms. The Kier molecular flexibility index (Phi) is 3.66. The molecule has 0 amide bonds. The monoisotopic (exact) mass is 303 g/mol. The first-order valence-corrected chi connectivity index (χ1v) is 5.54. The van der Waals surface area contributed by atoms with Crippen molar-refractivity contribution in [3.05, 3.63) is 33.4 Å². The molecule has 76 valence electrons. The first-order chi connectivity index (χ1) is 6.39. The SMILES string of the molecule is CC(C)(N)C(=O)Cc1ccc(I)cc1. The van der Waals surface area contributed by atoms with Gasteiger partial charge in [-0.1, -0.05) is 12.1 Å². The van der Waals surface area contributed by atoms with E-state index in [0.717, 1.165) is 5.56 Å². The molecule has 0 atom stereocenters. The van der Waals surface area contributed by atoms with Crippen molar-refractivity contribution in [3.63, 3.8) is 0 Å². The Morgan fingerprint density at radius 2 is 1.86 bits per heavy atom. The summed E-state index contributed by atoms with van der Waals surface area (Å²) in [5, 5.41) is 0. The molecule has 0 heterocycles. The lowest BCUT2D eigenvalue weighted by molar-refractivity contribution is -0.122. The highest BCUT2D eigenvalue weighted by molar-refractivity contribution is 14.1. The zero-order chi connectivity index (χ0) is 10.8. The summed E-state index contributed by atoms with van der Waals surface area (Å²) in [5.74, 6) is 0.0682. The van der Waals surface area contributed by atoms with Crippen molar-refractivity contribution in [2.24, 2.45) is 5.73 Å². The third-order valence-corrected chi connectivity index (χ3v) is 2.72. The minimum Gasteiger partial charge on any atom is -0.319 e. The Hall–Kier alpha value is -0.420. The Morgan fingerprint density at radius 3 is 2.29 bits per heavy atom.